The average Bonchev–Trinajstić information content (AvgIpc) is 3.19. The molecular weight excluding hydrogens is 350 g/mol. The van der Waals surface area contributed by atoms with E-state index in [0.717, 1.165) is 39.8 Å². The van der Waals surface area contributed by atoms with Crippen LogP contribution in [0.1, 0.15) is 30.7 Å². The Morgan fingerprint density at radius 2 is 1.82 bits per heavy atom. The van der Waals surface area contributed by atoms with Gasteiger partial charge in [0.2, 0.25) is 5.91 Å². The summed E-state index contributed by atoms with van der Waals surface area (Å²) in [6, 6.07) is 16.0. The van der Waals surface area contributed by atoms with Gasteiger partial charge in [-0.1, -0.05) is 50.2 Å². The molecule has 0 aliphatic carbocycles. The maximum atomic E-state index is 13.8. The second-order valence-electron chi connectivity index (χ2n) is 8.01. The number of H-pyrrole nitrogens is 1. The monoisotopic (exact) mass is 373 g/mol. The van der Waals surface area contributed by atoms with E-state index in [0.29, 0.717) is 6.54 Å². The van der Waals surface area contributed by atoms with Crippen LogP contribution in [0.3, 0.4) is 0 Å². The molecule has 3 aromatic rings. The fourth-order valence-electron chi connectivity index (χ4n) is 4.92. The third-order valence-electron chi connectivity index (χ3n) is 6.19. The normalized spacial score (nSPS) is 20.9. The number of likely N-dealkylation sites (N-methyl/N-ethyl adjacent to an activating group) is 1. The lowest BCUT2D eigenvalue weighted by Gasteiger charge is -2.44. The van der Waals surface area contributed by atoms with E-state index >= 15 is 0 Å². The van der Waals surface area contributed by atoms with Crippen LogP contribution < -0.4 is 4.90 Å². The number of nitrogens with zero attached hydrogens (tertiary/aromatic N) is 2. The average molecular weight is 373 g/mol. The fourth-order valence-corrected chi connectivity index (χ4v) is 4.92. The molecule has 0 bridgehead atoms. The molecule has 2 amide bonds. The van der Waals surface area contributed by atoms with Gasteiger partial charge in [0, 0.05) is 41.7 Å². The molecule has 1 N–H and O–H groups in total. The molecule has 0 saturated carbocycles. The van der Waals surface area contributed by atoms with Crippen LogP contribution in [-0.2, 0) is 21.5 Å². The van der Waals surface area contributed by atoms with E-state index in [4.69, 9.17) is 0 Å². The van der Waals surface area contributed by atoms with Crippen LogP contribution in [-0.4, -0.2) is 35.3 Å². The molecule has 5 rings (SSSR count). The minimum absolute atomic E-state index is 0.00255. The third kappa shape index (κ3) is 1.91. The van der Waals surface area contributed by atoms with Crippen molar-refractivity contribution in [3.8, 4) is 0 Å². The number of rotatable bonds is 1. The van der Waals surface area contributed by atoms with E-state index in [1.807, 2.05) is 56.3 Å². The number of hydrogen-bond acceptors (Lipinski definition) is 2. The van der Waals surface area contributed by atoms with Gasteiger partial charge in [-0.15, -0.1) is 0 Å². The Morgan fingerprint density at radius 3 is 2.61 bits per heavy atom. The van der Waals surface area contributed by atoms with Gasteiger partial charge in [0.05, 0.1) is 5.69 Å². The lowest BCUT2D eigenvalue weighted by atomic mass is 9.79. The minimum Gasteiger partial charge on any atom is -0.355 e. The number of benzene rings is 2. The number of anilines is 1. The highest BCUT2D eigenvalue weighted by Gasteiger charge is 2.60. The first-order valence-electron chi connectivity index (χ1n) is 9.77. The molecule has 2 aromatic carbocycles. The summed E-state index contributed by atoms with van der Waals surface area (Å²) >= 11 is 0. The number of aromatic amines is 1. The highest BCUT2D eigenvalue weighted by molar-refractivity contribution is 6.12. The third-order valence-corrected chi connectivity index (χ3v) is 6.19. The van der Waals surface area contributed by atoms with Gasteiger partial charge < -0.3 is 14.8 Å². The predicted molar refractivity (Wildman–Crippen MR) is 109 cm³/mol. The van der Waals surface area contributed by atoms with Crippen LogP contribution in [0.5, 0.6) is 0 Å². The second kappa shape index (κ2) is 5.71. The molecule has 5 heteroatoms. The summed E-state index contributed by atoms with van der Waals surface area (Å²) in [5.41, 5.74) is 3.60. The Morgan fingerprint density at radius 1 is 1.11 bits per heavy atom. The molecule has 0 saturated heterocycles. The summed E-state index contributed by atoms with van der Waals surface area (Å²) in [5.74, 6) is -0.258. The lowest BCUT2D eigenvalue weighted by molar-refractivity contribution is -0.147. The van der Waals surface area contributed by atoms with Crippen molar-refractivity contribution in [3.63, 3.8) is 0 Å². The molecule has 3 heterocycles. The molecule has 0 unspecified atom stereocenters. The van der Waals surface area contributed by atoms with Gasteiger partial charge in [-0.2, -0.15) is 0 Å². The number of hydrogen-bond donors (Lipinski definition) is 1. The van der Waals surface area contributed by atoms with Crippen molar-refractivity contribution in [2.24, 2.45) is 5.92 Å². The van der Waals surface area contributed by atoms with Crippen LogP contribution in [0.15, 0.2) is 48.5 Å². The first-order valence-corrected chi connectivity index (χ1v) is 9.77. The summed E-state index contributed by atoms with van der Waals surface area (Å²) in [6.45, 7) is 4.32. The molecule has 28 heavy (non-hydrogen) atoms. The number of fused-ring (bicyclic) bond motifs is 6. The van der Waals surface area contributed by atoms with Crippen LogP contribution in [0.4, 0.5) is 5.69 Å². The van der Waals surface area contributed by atoms with Crippen molar-refractivity contribution in [2.75, 3.05) is 18.5 Å². The summed E-state index contributed by atoms with van der Waals surface area (Å²) in [7, 11) is 1.80. The maximum absolute atomic E-state index is 13.8. The zero-order chi connectivity index (χ0) is 19.6. The fraction of sp³-hybridized carbons (Fsp3) is 0.304. The topological polar surface area (TPSA) is 56.4 Å². The Kier molecular flexibility index (Phi) is 3.48. The second-order valence-corrected chi connectivity index (χ2v) is 8.01. The van der Waals surface area contributed by atoms with Gasteiger partial charge >= 0.3 is 0 Å². The molecule has 5 nitrogen and oxygen atoms in total. The predicted octanol–water partition coefficient (Wildman–Crippen LogP) is 3.43. The molecule has 1 aromatic heterocycles. The highest BCUT2D eigenvalue weighted by atomic mass is 16.2. The number of carbonyl (C=O) groups is 2. The zero-order valence-corrected chi connectivity index (χ0v) is 16.3. The molecule has 0 radical (unpaired) electrons. The number of aromatic nitrogens is 1. The van der Waals surface area contributed by atoms with Crippen LogP contribution in [0, 0.1) is 5.92 Å². The van der Waals surface area contributed by atoms with Crippen molar-refractivity contribution in [1.29, 1.82) is 0 Å². The van der Waals surface area contributed by atoms with E-state index < -0.39 is 5.54 Å². The number of amides is 2. The van der Waals surface area contributed by atoms with Crippen molar-refractivity contribution < 1.29 is 9.59 Å². The molecular formula is C23H23N3O2. The summed E-state index contributed by atoms with van der Waals surface area (Å²) < 4.78 is 0. The molecule has 2 aliphatic rings. The van der Waals surface area contributed by atoms with E-state index in [9.17, 15) is 9.59 Å². The Balaban J connectivity index is 1.89. The molecule has 2 aliphatic heterocycles. The lowest BCUT2D eigenvalue weighted by Crippen LogP contribution is -2.59. The van der Waals surface area contributed by atoms with Crippen molar-refractivity contribution in [3.05, 3.63) is 65.4 Å². The van der Waals surface area contributed by atoms with Gasteiger partial charge in [-0.25, -0.2) is 0 Å². The Hall–Kier alpha value is -3.08. The molecule has 1 spiro atoms. The first kappa shape index (κ1) is 17.0. The van der Waals surface area contributed by atoms with Crippen LogP contribution >= 0.6 is 0 Å². The van der Waals surface area contributed by atoms with Crippen molar-refractivity contribution in [2.45, 2.75) is 25.8 Å². The summed E-state index contributed by atoms with van der Waals surface area (Å²) in [4.78, 5) is 34.1. The van der Waals surface area contributed by atoms with Gasteiger partial charge in [0.1, 0.15) is 0 Å². The molecule has 1 atom stereocenters. The van der Waals surface area contributed by atoms with Crippen LogP contribution in [0.25, 0.3) is 10.9 Å². The first-order chi connectivity index (χ1) is 13.5. The quantitative estimate of drug-likeness (QED) is 0.710. The SMILES string of the molecule is CC(C)C(=O)N1CCc2c([nH]c3ccccc23)[C@@]12C(=O)N(C)c1ccccc12. The smallest absolute Gasteiger partial charge is 0.263 e. The Labute approximate surface area is 163 Å². The maximum Gasteiger partial charge on any atom is 0.263 e. The standard InChI is InChI=1S/C23H23N3O2/c1-14(2)21(27)26-13-12-16-15-8-4-6-10-18(15)24-20(16)23(26)17-9-5-7-11-19(17)25(3)22(23)28/h4-11,14,24H,12-13H2,1-3H3/t23-/m0/s1. The van der Waals surface area contributed by atoms with E-state index in [1.54, 1.807) is 16.8 Å². The minimum atomic E-state index is -1.13. The summed E-state index contributed by atoms with van der Waals surface area (Å²) in [5, 5.41) is 1.13. The number of carbonyl (C=O) groups excluding carboxylic acids is 2. The van der Waals surface area contributed by atoms with E-state index in [1.165, 1.54) is 0 Å². The van der Waals surface area contributed by atoms with Crippen LogP contribution in [0.2, 0.25) is 0 Å². The molecule has 0 fully saturated rings. The van der Waals surface area contributed by atoms with Gasteiger partial charge in [0.15, 0.2) is 5.54 Å². The molecule has 142 valence electrons. The van der Waals surface area contributed by atoms with E-state index in [-0.39, 0.29) is 17.7 Å². The van der Waals surface area contributed by atoms with Gasteiger partial charge in [-0.3, -0.25) is 9.59 Å². The van der Waals surface area contributed by atoms with Crippen molar-refractivity contribution >= 4 is 28.4 Å². The van der Waals surface area contributed by atoms with Gasteiger partial charge in [-0.05, 0) is 24.1 Å². The Bertz CT molecular complexity index is 1130. The summed E-state index contributed by atoms with van der Waals surface area (Å²) in [6.07, 6.45) is 0.735. The number of para-hydroxylation sites is 2. The van der Waals surface area contributed by atoms with Crippen molar-refractivity contribution in [1.82, 2.24) is 9.88 Å². The van der Waals surface area contributed by atoms with Gasteiger partial charge in [0.25, 0.3) is 5.91 Å². The number of nitrogens with one attached hydrogen (secondary N) is 1. The zero-order valence-electron chi connectivity index (χ0n) is 16.3. The van der Waals surface area contributed by atoms with E-state index in [2.05, 4.69) is 11.1 Å². The highest BCUT2D eigenvalue weighted by Crippen LogP contribution is 2.51. The largest absolute Gasteiger partial charge is 0.355 e.